The van der Waals surface area contributed by atoms with Crippen LogP contribution in [0.4, 0.5) is 4.79 Å². The fraction of sp³-hybridized carbons (Fsp3) is 0.286. The van der Waals surface area contributed by atoms with Gasteiger partial charge in [-0.1, -0.05) is 43.0 Å². The Kier molecular flexibility index (Phi) is 4.98. The summed E-state index contributed by atoms with van der Waals surface area (Å²) < 4.78 is 21.8. The molecule has 2 aromatic carbocycles. The predicted molar refractivity (Wildman–Crippen MR) is 98.5 cm³/mol. The Bertz CT molecular complexity index is 836. The second-order valence-electron chi connectivity index (χ2n) is 6.58. The van der Waals surface area contributed by atoms with Crippen LogP contribution in [-0.4, -0.2) is 26.1 Å². The fourth-order valence-corrected chi connectivity index (χ4v) is 3.29. The molecule has 0 spiro atoms. The lowest BCUT2D eigenvalue weighted by Gasteiger charge is -2.25. The second-order valence-corrected chi connectivity index (χ2v) is 6.58. The van der Waals surface area contributed by atoms with Gasteiger partial charge >= 0.3 is 6.09 Å². The van der Waals surface area contributed by atoms with E-state index in [4.69, 9.17) is 18.9 Å². The number of carbonyl (C=O) groups is 1. The first-order valence-corrected chi connectivity index (χ1v) is 8.83. The minimum atomic E-state index is -0.485. The second kappa shape index (κ2) is 7.72. The van der Waals surface area contributed by atoms with Gasteiger partial charge in [0, 0.05) is 5.92 Å². The molecule has 0 unspecified atom stereocenters. The maximum atomic E-state index is 12.4. The normalized spacial score (nSPS) is 19.0. The van der Waals surface area contributed by atoms with Crippen molar-refractivity contribution in [2.24, 2.45) is 5.92 Å². The molecule has 140 valence electrons. The van der Waals surface area contributed by atoms with Crippen LogP contribution >= 0.6 is 0 Å². The van der Waals surface area contributed by atoms with Crippen LogP contribution < -0.4 is 14.8 Å². The van der Waals surface area contributed by atoms with Crippen molar-refractivity contribution < 1.29 is 23.7 Å². The standard InChI is InChI=1S/C21H21NO5/c1-14-10-24-12-17(14)20(16-7-8-18-19(9-16)27-13-26-18)22-21(23)25-11-15-5-3-2-4-6-15/h2-9,17,20H,1,10-13H2,(H,22,23)/t17-,20-/m0/s1. The van der Waals surface area contributed by atoms with E-state index in [0.29, 0.717) is 24.7 Å². The number of nitrogens with one attached hydrogen (secondary N) is 1. The highest BCUT2D eigenvalue weighted by Crippen LogP contribution is 2.38. The van der Waals surface area contributed by atoms with Gasteiger partial charge < -0.3 is 24.3 Å². The summed E-state index contributed by atoms with van der Waals surface area (Å²) in [4.78, 5) is 12.4. The van der Waals surface area contributed by atoms with E-state index in [1.807, 2.05) is 48.5 Å². The van der Waals surface area contributed by atoms with E-state index in [9.17, 15) is 4.79 Å². The molecule has 0 saturated carbocycles. The number of rotatable bonds is 5. The number of fused-ring (bicyclic) bond motifs is 1. The Morgan fingerprint density at radius 3 is 2.78 bits per heavy atom. The molecular formula is C21H21NO5. The molecule has 0 aromatic heterocycles. The topological polar surface area (TPSA) is 66.0 Å². The average molecular weight is 367 g/mol. The van der Waals surface area contributed by atoms with E-state index in [-0.39, 0.29) is 25.4 Å². The van der Waals surface area contributed by atoms with Gasteiger partial charge in [0.25, 0.3) is 0 Å². The third-order valence-electron chi connectivity index (χ3n) is 4.75. The molecule has 6 nitrogen and oxygen atoms in total. The summed E-state index contributed by atoms with van der Waals surface area (Å²) in [6, 6.07) is 14.9. The fourth-order valence-electron chi connectivity index (χ4n) is 3.29. The van der Waals surface area contributed by atoms with Gasteiger partial charge in [0.05, 0.1) is 19.3 Å². The summed E-state index contributed by atoms with van der Waals surface area (Å²) in [5, 5.41) is 2.97. The molecule has 0 radical (unpaired) electrons. The van der Waals surface area contributed by atoms with Crippen molar-refractivity contribution in [1.29, 1.82) is 0 Å². The first-order valence-electron chi connectivity index (χ1n) is 8.83. The van der Waals surface area contributed by atoms with Gasteiger partial charge in [0.1, 0.15) is 6.61 Å². The Labute approximate surface area is 157 Å². The SMILES string of the molecule is C=C1COC[C@@H]1[C@@H](NC(=O)OCc1ccccc1)c1ccc2c(c1)OCO2. The molecule has 27 heavy (non-hydrogen) atoms. The van der Waals surface area contributed by atoms with Crippen molar-refractivity contribution in [3.63, 3.8) is 0 Å². The Morgan fingerprint density at radius 1 is 1.19 bits per heavy atom. The molecule has 0 bridgehead atoms. The lowest BCUT2D eigenvalue weighted by molar-refractivity contribution is 0.129. The van der Waals surface area contributed by atoms with Crippen molar-refractivity contribution in [3.05, 3.63) is 71.8 Å². The van der Waals surface area contributed by atoms with Gasteiger partial charge in [-0.15, -0.1) is 0 Å². The van der Waals surface area contributed by atoms with Gasteiger partial charge in [-0.25, -0.2) is 4.79 Å². The highest BCUT2D eigenvalue weighted by molar-refractivity contribution is 5.68. The molecule has 6 heteroatoms. The van der Waals surface area contributed by atoms with Crippen molar-refractivity contribution in [1.82, 2.24) is 5.32 Å². The van der Waals surface area contributed by atoms with E-state index < -0.39 is 6.09 Å². The van der Waals surface area contributed by atoms with Crippen LogP contribution in [0.3, 0.4) is 0 Å². The summed E-state index contributed by atoms with van der Waals surface area (Å²) in [6.45, 7) is 5.49. The molecule has 4 rings (SSSR count). The highest BCUT2D eigenvalue weighted by Gasteiger charge is 2.32. The van der Waals surface area contributed by atoms with Crippen LogP contribution in [0.5, 0.6) is 11.5 Å². The monoisotopic (exact) mass is 367 g/mol. The van der Waals surface area contributed by atoms with Crippen molar-refractivity contribution in [2.75, 3.05) is 20.0 Å². The number of amides is 1. The molecule has 1 N–H and O–H groups in total. The van der Waals surface area contributed by atoms with Crippen molar-refractivity contribution in [2.45, 2.75) is 12.6 Å². The summed E-state index contributed by atoms with van der Waals surface area (Å²) in [5.41, 5.74) is 2.77. The smallest absolute Gasteiger partial charge is 0.407 e. The van der Waals surface area contributed by atoms with Gasteiger partial charge in [0.15, 0.2) is 11.5 Å². The minimum Gasteiger partial charge on any atom is -0.454 e. The number of ether oxygens (including phenoxy) is 4. The zero-order valence-corrected chi connectivity index (χ0v) is 14.9. The first-order chi connectivity index (χ1) is 13.2. The molecule has 0 aliphatic carbocycles. The first kappa shape index (κ1) is 17.4. The number of hydrogen-bond acceptors (Lipinski definition) is 5. The van der Waals surface area contributed by atoms with E-state index in [2.05, 4.69) is 11.9 Å². The molecule has 1 fully saturated rings. The zero-order chi connectivity index (χ0) is 18.6. The van der Waals surface area contributed by atoms with Crippen molar-refractivity contribution >= 4 is 6.09 Å². The molecule has 2 aromatic rings. The lowest BCUT2D eigenvalue weighted by Crippen LogP contribution is -2.34. The van der Waals surface area contributed by atoms with Crippen LogP contribution in [0.1, 0.15) is 17.2 Å². The summed E-state index contributed by atoms with van der Waals surface area (Å²) >= 11 is 0. The van der Waals surface area contributed by atoms with Crippen LogP contribution in [0.2, 0.25) is 0 Å². The van der Waals surface area contributed by atoms with Gasteiger partial charge in [-0.05, 0) is 28.8 Å². The largest absolute Gasteiger partial charge is 0.454 e. The summed E-state index contributed by atoms with van der Waals surface area (Å²) in [7, 11) is 0. The maximum Gasteiger partial charge on any atom is 0.407 e. The van der Waals surface area contributed by atoms with Crippen molar-refractivity contribution in [3.8, 4) is 11.5 Å². The summed E-state index contributed by atoms with van der Waals surface area (Å²) in [6.07, 6.45) is -0.485. The molecule has 2 aliphatic rings. The predicted octanol–water partition coefficient (Wildman–Crippen LogP) is 3.59. The Balaban J connectivity index is 1.50. The Hall–Kier alpha value is -2.99. The quantitative estimate of drug-likeness (QED) is 0.818. The van der Waals surface area contributed by atoms with E-state index in [0.717, 1.165) is 16.7 Å². The highest BCUT2D eigenvalue weighted by atomic mass is 16.7. The lowest BCUT2D eigenvalue weighted by atomic mass is 9.89. The molecular weight excluding hydrogens is 346 g/mol. The maximum absolute atomic E-state index is 12.4. The minimum absolute atomic E-state index is 0.0327. The number of hydrogen-bond donors (Lipinski definition) is 1. The molecule has 2 atom stereocenters. The van der Waals surface area contributed by atoms with E-state index in [1.165, 1.54) is 0 Å². The molecule has 2 heterocycles. The zero-order valence-electron chi connectivity index (χ0n) is 14.9. The number of carbonyl (C=O) groups excluding carboxylic acids is 1. The van der Waals surface area contributed by atoms with Gasteiger partial charge in [-0.2, -0.15) is 0 Å². The van der Waals surface area contributed by atoms with Crippen LogP contribution in [0.25, 0.3) is 0 Å². The Morgan fingerprint density at radius 2 is 2.00 bits per heavy atom. The number of alkyl carbamates (subject to hydrolysis) is 1. The van der Waals surface area contributed by atoms with Crippen LogP contribution in [-0.2, 0) is 16.1 Å². The third-order valence-corrected chi connectivity index (χ3v) is 4.75. The molecule has 2 aliphatic heterocycles. The molecule has 1 saturated heterocycles. The van der Waals surface area contributed by atoms with E-state index in [1.54, 1.807) is 0 Å². The van der Waals surface area contributed by atoms with Crippen LogP contribution in [0.15, 0.2) is 60.7 Å². The average Bonchev–Trinajstić information content (AvgIpc) is 3.33. The third kappa shape index (κ3) is 3.90. The van der Waals surface area contributed by atoms with Crippen LogP contribution in [0, 0.1) is 5.92 Å². The molecule has 1 amide bonds. The summed E-state index contributed by atoms with van der Waals surface area (Å²) in [5.74, 6) is 1.33. The number of benzene rings is 2. The van der Waals surface area contributed by atoms with Gasteiger partial charge in [0.2, 0.25) is 6.79 Å². The van der Waals surface area contributed by atoms with E-state index >= 15 is 0 Å². The van der Waals surface area contributed by atoms with Gasteiger partial charge in [-0.3, -0.25) is 0 Å².